The maximum Gasteiger partial charge on any atom is 0.151 e. The molecule has 0 amide bonds. The number of halogens is 3. The summed E-state index contributed by atoms with van der Waals surface area (Å²) >= 11 is 3.35. The molecule has 2 aromatic carbocycles. The summed E-state index contributed by atoms with van der Waals surface area (Å²) in [6, 6.07) is 12.1. The normalized spacial score (nSPS) is 18.1. The SMILES string of the molecule is COc1cccc([C@H](Oc2ccc(F)cc2Br)[C@@H]2CNCCO2)c1.Cl. The van der Waals surface area contributed by atoms with E-state index in [9.17, 15) is 4.39 Å². The summed E-state index contributed by atoms with van der Waals surface area (Å²) in [6.45, 7) is 2.13. The molecule has 1 heterocycles. The van der Waals surface area contributed by atoms with Crippen molar-refractivity contribution in [1.29, 1.82) is 0 Å². The molecule has 1 aliphatic rings. The molecule has 1 aliphatic heterocycles. The second-order valence-electron chi connectivity index (χ2n) is 5.50. The van der Waals surface area contributed by atoms with Crippen LogP contribution in [0.2, 0.25) is 0 Å². The van der Waals surface area contributed by atoms with Gasteiger partial charge in [-0.2, -0.15) is 0 Å². The Morgan fingerprint density at radius 2 is 2.12 bits per heavy atom. The van der Waals surface area contributed by atoms with Crippen LogP contribution in [-0.4, -0.2) is 32.9 Å². The number of ether oxygens (including phenoxy) is 3. The minimum atomic E-state index is -0.338. The zero-order chi connectivity index (χ0) is 16.9. The van der Waals surface area contributed by atoms with E-state index in [0.29, 0.717) is 23.4 Å². The fourth-order valence-electron chi connectivity index (χ4n) is 2.66. The number of hydrogen-bond acceptors (Lipinski definition) is 4. The summed E-state index contributed by atoms with van der Waals surface area (Å²) < 4.78 is 31.3. The molecule has 136 valence electrons. The molecule has 0 radical (unpaired) electrons. The lowest BCUT2D eigenvalue weighted by molar-refractivity contribution is -0.0435. The zero-order valence-corrected chi connectivity index (χ0v) is 16.1. The average molecular weight is 433 g/mol. The van der Waals surface area contributed by atoms with Gasteiger partial charge in [-0.3, -0.25) is 0 Å². The lowest BCUT2D eigenvalue weighted by Gasteiger charge is -2.32. The van der Waals surface area contributed by atoms with E-state index in [1.165, 1.54) is 12.1 Å². The van der Waals surface area contributed by atoms with Gasteiger partial charge >= 0.3 is 0 Å². The van der Waals surface area contributed by atoms with E-state index >= 15 is 0 Å². The third kappa shape index (κ3) is 5.07. The maximum absolute atomic E-state index is 13.3. The molecule has 0 saturated carbocycles. The molecule has 1 fully saturated rings. The molecular weight excluding hydrogens is 413 g/mol. The summed E-state index contributed by atoms with van der Waals surface area (Å²) in [6.07, 6.45) is -0.488. The van der Waals surface area contributed by atoms with Crippen molar-refractivity contribution in [3.8, 4) is 11.5 Å². The van der Waals surface area contributed by atoms with E-state index in [2.05, 4.69) is 21.2 Å². The van der Waals surface area contributed by atoms with Crippen molar-refractivity contribution in [3.63, 3.8) is 0 Å². The monoisotopic (exact) mass is 431 g/mol. The van der Waals surface area contributed by atoms with Gasteiger partial charge in [-0.1, -0.05) is 12.1 Å². The molecular formula is C18H20BrClFNO3. The molecule has 2 atom stereocenters. The van der Waals surface area contributed by atoms with Crippen LogP contribution in [0.15, 0.2) is 46.9 Å². The number of benzene rings is 2. The van der Waals surface area contributed by atoms with Gasteiger partial charge in [0.05, 0.1) is 18.2 Å². The van der Waals surface area contributed by atoms with Crippen molar-refractivity contribution in [2.75, 3.05) is 26.8 Å². The van der Waals surface area contributed by atoms with Crippen LogP contribution in [0.3, 0.4) is 0 Å². The Kier molecular flexibility index (Phi) is 7.50. The van der Waals surface area contributed by atoms with Crippen LogP contribution in [-0.2, 0) is 4.74 Å². The summed E-state index contributed by atoms with van der Waals surface area (Å²) in [7, 11) is 1.63. The van der Waals surface area contributed by atoms with E-state index in [1.54, 1.807) is 13.2 Å². The molecule has 3 rings (SSSR count). The zero-order valence-electron chi connectivity index (χ0n) is 13.7. The summed E-state index contributed by atoms with van der Waals surface area (Å²) in [5.41, 5.74) is 0.944. The van der Waals surface area contributed by atoms with E-state index in [-0.39, 0.29) is 30.4 Å². The second-order valence-corrected chi connectivity index (χ2v) is 6.36. The van der Waals surface area contributed by atoms with Gasteiger partial charge in [0.2, 0.25) is 0 Å². The van der Waals surface area contributed by atoms with E-state index in [0.717, 1.165) is 17.9 Å². The van der Waals surface area contributed by atoms with Crippen LogP contribution < -0.4 is 14.8 Å². The number of methoxy groups -OCH3 is 1. The van der Waals surface area contributed by atoms with Crippen molar-refractivity contribution in [3.05, 3.63) is 58.3 Å². The van der Waals surface area contributed by atoms with Gasteiger partial charge in [-0.25, -0.2) is 4.39 Å². The summed E-state index contributed by atoms with van der Waals surface area (Å²) in [4.78, 5) is 0. The van der Waals surface area contributed by atoms with Crippen LogP contribution in [0.5, 0.6) is 11.5 Å². The average Bonchev–Trinajstić information content (AvgIpc) is 2.62. The van der Waals surface area contributed by atoms with Gasteiger partial charge in [-0.15, -0.1) is 12.4 Å². The van der Waals surface area contributed by atoms with Crippen LogP contribution >= 0.6 is 28.3 Å². The number of hydrogen-bond donors (Lipinski definition) is 1. The number of nitrogens with one attached hydrogen (secondary N) is 1. The van der Waals surface area contributed by atoms with Crippen molar-refractivity contribution < 1.29 is 18.6 Å². The second kappa shape index (κ2) is 9.38. The Hall–Kier alpha value is -1.34. The Bertz CT molecular complexity index is 698. The minimum absolute atomic E-state index is 0. The molecule has 0 spiro atoms. The van der Waals surface area contributed by atoms with Crippen LogP contribution in [0.25, 0.3) is 0 Å². The first kappa shape index (κ1) is 20.0. The van der Waals surface area contributed by atoms with Crippen LogP contribution in [0.1, 0.15) is 11.7 Å². The quantitative estimate of drug-likeness (QED) is 0.771. The third-order valence-electron chi connectivity index (χ3n) is 3.86. The first-order valence-corrected chi connectivity index (χ1v) is 8.54. The molecule has 1 N–H and O–H groups in total. The Balaban J connectivity index is 0.00000225. The Labute approximate surface area is 161 Å². The van der Waals surface area contributed by atoms with Gasteiger partial charge in [-0.05, 0) is 51.8 Å². The van der Waals surface area contributed by atoms with Crippen molar-refractivity contribution in [1.82, 2.24) is 5.32 Å². The predicted molar refractivity (Wildman–Crippen MR) is 100 cm³/mol. The fourth-order valence-corrected chi connectivity index (χ4v) is 3.11. The highest BCUT2D eigenvalue weighted by Gasteiger charge is 2.28. The molecule has 1 saturated heterocycles. The first-order chi connectivity index (χ1) is 11.7. The summed E-state index contributed by atoms with van der Waals surface area (Å²) in [5.74, 6) is 1.00. The van der Waals surface area contributed by atoms with Gasteiger partial charge in [0.25, 0.3) is 0 Å². The standard InChI is InChI=1S/C18H19BrFNO3.ClH/c1-22-14-4-2-3-12(9-14)18(17-11-21-7-8-23-17)24-16-6-5-13(20)10-15(16)19;/h2-6,9-10,17-18,21H,7-8,11H2,1H3;1H/t17-,18-;/m0./s1. The largest absolute Gasteiger partial charge is 0.497 e. The molecule has 0 unspecified atom stereocenters. The molecule has 2 aromatic rings. The highest BCUT2D eigenvalue weighted by atomic mass is 79.9. The highest BCUT2D eigenvalue weighted by Crippen LogP contribution is 2.33. The lowest BCUT2D eigenvalue weighted by Crippen LogP contribution is -2.43. The molecule has 0 aromatic heterocycles. The minimum Gasteiger partial charge on any atom is -0.497 e. The molecule has 25 heavy (non-hydrogen) atoms. The van der Waals surface area contributed by atoms with Gasteiger partial charge in [0.15, 0.2) is 6.10 Å². The molecule has 4 nitrogen and oxygen atoms in total. The van der Waals surface area contributed by atoms with Crippen molar-refractivity contribution in [2.45, 2.75) is 12.2 Å². The van der Waals surface area contributed by atoms with Gasteiger partial charge in [0, 0.05) is 13.1 Å². The van der Waals surface area contributed by atoms with E-state index < -0.39 is 0 Å². The van der Waals surface area contributed by atoms with E-state index in [1.807, 2.05) is 24.3 Å². The van der Waals surface area contributed by atoms with Crippen LogP contribution in [0.4, 0.5) is 4.39 Å². The third-order valence-corrected chi connectivity index (χ3v) is 4.48. The maximum atomic E-state index is 13.3. The Morgan fingerprint density at radius 3 is 2.80 bits per heavy atom. The highest BCUT2D eigenvalue weighted by molar-refractivity contribution is 9.10. The number of morpholine rings is 1. The van der Waals surface area contributed by atoms with Crippen LogP contribution in [0, 0.1) is 5.82 Å². The topological polar surface area (TPSA) is 39.7 Å². The summed E-state index contributed by atoms with van der Waals surface area (Å²) in [5, 5.41) is 3.32. The molecule has 0 bridgehead atoms. The number of rotatable bonds is 5. The first-order valence-electron chi connectivity index (χ1n) is 7.75. The Morgan fingerprint density at radius 1 is 1.28 bits per heavy atom. The van der Waals surface area contributed by atoms with Crippen molar-refractivity contribution >= 4 is 28.3 Å². The smallest absolute Gasteiger partial charge is 0.151 e. The van der Waals surface area contributed by atoms with Crippen molar-refractivity contribution in [2.24, 2.45) is 0 Å². The van der Waals surface area contributed by atoms with Gasteiger partial charge in [0.1, 0.15) is 23.4 Å². The fraction of sp³-hybridized carbons (Fsp3) is 0.333. The van der Waals surface area contributed by atoms with Gasteiger partial charge < -0.3 is 19.5 Å². The lowest BCUT2D eigenvalue weighted by atomic mass is 10.0. The molecule has 0 aliphatic carbocycles. The molecule has 7 heteroatoms. The van der Waals surface area contributed by atoms with E-state index in [4.69, 9.17) is 14.2 Å². The predicted octanol–water partition coefficient (Wildman–Crippen LogP) is 4.13.